The van der Waals surface area contributed by atoms with E-state index in [0.717, 1.165) is 0 Å². The molecule has 4 heteroatoms. The number of hydrogen-bond donors (Lipinski definition) is 1. The van der Waals surface area contributed by atoms with Gasteiger partial charge in [0.2, 0.25) is 0 Å². The predicted octanol–water partition coefficient (Wildman–Crippen LogP) is 0.588. The molecule has 1 aromatic rings. The quantitative estimate of drug-likeness (QED) is 0.652. The lowest BCUT2D eigenvalue weighted by Crippen LogP contribution is -2.31. The van der Waals surface area contributed by atoms with Crippen molar-refractivity contribution in [2.45, 2.75) is 13.2 Å². The molecule has 0 spiro atoms. The van der Waals surface area contributed by atoms with E-state index < -0.39 is 6.23 Å². The summed E-state index contributed by atoms with van der Waals surface area (Å²) in [5.74, 6) is -0.384. The lowest BCUT2D eigenvalue weighted by molar-refractivity contribution is 0.0585. The third-order valence-electron chi connectivity index (χ3n) is 1.26. The van der Waals surface area contributed by atoms with Gasteiger partial charge < -0.3 is 5.32 Å². The fourth-order valence-electron chi connectivity index (χ4n) is 0.765. The molecule has 0 aliphatic carbocycles. The maximum atomic E-state index is 11.1. The Bertz CT molecular complexity index is 259. The van der Waals surface area contributed by atoms with Crippen molar-refractivity contribution in [1.82, 2.24) is 10.3 Å². The zero-order valence-corrected chi connectivity index (χ0v) is 6.65. The van der Waals surface area contributed by atoms with Gasteiger partial charge in [0.15, 0.2) is 6.23 Å². The predicted molar refractivity (Wildman–Crippen MR) is 41.9 cm³/mol. The van der Waals surface area contributed by atoms with Gasteiger partial charge in [0.25, 0.3) is 5.91 Å². The second kappa shape index (κ2) is 3.82. The standard InChI is InChI=1S/C8H9N2O2/c1-6(11)10-8(12)7-3-2-4-9-5-7/h2-6H,1H3,(H,10,12). The Labute approximate surface area is 70.3 Å². The summed E-state index contributed by atoms with van der Waals surface area (Å²) in [6, 6.07) is 3.25. The molecule has 1 atom stereocenters. The van der Waals surface area contributed by atoms with Gasteiger partial charge in [-0.25, -0.2) is 5.11 Å². The first-order valence-corrected chi connectivity index (χ1v) is 3.57. The molecule has 63 valence electrons. The topological polar surface area (TPSA) is 61.9 Å². The number of rotatable bonds is 2. The molecule has 0 saturated heterocycles. The summed E-state index contributed by atoms with van der Waals surface area (Å²) in [6.45, 7) is 1.37. The number of carbonyl (C=O) groups is 1. The van der Waals surface area contributed by atoms with Gasteiger partial charge in [-0.3, -0.25) is 9.78 Å². The van der Waals surface area contributed by atoms with Crippen molar-refractivity contribution in [3.8, 4) is 0 Å². The second-order valence-electron chi connectivity index (χ2n) is 2.36. The molecule has 1 aromatic heterocycles. The van der Waals surface area contributed by atoms with Crippen LogP contribution in [0.4, 0.5) is 0 Å². The first-order chi connectivity index (χ1) is 5.70. The Morgan fingerprint density at radius 3 is 2.92 bits per heavy atom. The first kappa shape index (κ1) is 8.67. The van der Waals surface area contributed by atoms with E-state index in [0.29, 0.717) is 5.56 Å². The van der Waals surface area contributed by atoms with Crippen molar-refractivity contribution < 1.29 is 9.90 Å². The summed E-state index contributed by atoms with van der Waals surface area (Å²) in [4.78, 5) is 14.9. The molecule has 1 radical (unpaired) electrons. The summed E-state index contributed by atoms with van der Waals surface area (Å²) in [5.41, 5.74) is 0.403. The van der Waals surface area contributed by atoms with Gasteiger partial charge in [0.1, 0.15) is 0 Å². The fourth-order valence-corrected chi connectivity index (χ4v) is 0.765. The van der Waals surface area contributed by atoms with E-state index in [-0.39, 0.29) is 5.91 Å². The molecule has 1 rings (SSSR count). The van der Waals surface area contributed by atoms with Crippen LogP contribution in [0, 0.1) is 0 Å². The monoisotopic (exact) mass is 165 g/mol. The molecular weight excluding hydrogens is 156 g/mol. The zero-order valence-electron chi connectivity index (χ0n) is 6.65. The van der Waals surface area contributed by atoms with E-state index in [2.05, 4.69) is 10.3 Å². The summed E-state index contributed by atoms with van der Waals surface area (Å²) >= 11 is 0. The Hall–Kier alpha value is -1.42. The van der Waals surface area contributed by atoms with Crippen LogP contribution in [-0.4, -0.2) is 17.1 Å². The average Bonchev–Trinajstić information content (AvgIpc) is 2.05. The molecule has 4 nitrogen and oxygen atoms in total. The van der Waals surface area contributed by atoms with Crippen LogP contribution in [0.3, 0.4) is 0 Å². The fraction of sp³-hybridized carbons (Fsp3) is 0.250. The van der Waals surface area contributed by atoms with E-state index in [1.165, 1.54) is 13.1 Å². The van der Waals surface area contributed by atoms with Crippen LogP contribution in [0.5, 0.6) is 0 Å². The number of carbonyl (C=O) groups excluding carboxylic acids is 1. The van der Waals surface area contributed by atoms with E-state index in [1.54, 1.807) is 18.3 Å². The minimum atomic E-state index is -1.09. The molecule has 0 aliphatic heterocycles. The first-order valence-electron chi connectivity index (χ1n) is 3.57. The number of aromatic nitrogens is 1. The molecule has 0 saturated carbocycles. The van der Waals surface area contributed by atoms with Crippen molar-refractivity contribution in [1.29, 1.82) is 0 Å². The number of nitrogens with one attached hydrogen (secondary N) is 1. The van der Waals surface area contributed by atoms with Gasteiger partial charge in [-0.15, -0.1) is 0 Å². The molecule has 1 amide bonds. The highest BCUT2D eigenvalue weighted by Crippen LogP contribution is 1.95. The van der Waals surface area contributed by atoms with Crippen LogP contribution in [-0.2, 0) is 5.11 Å². The van der Waals surface area contributed by atoms with Crippen molar-refractivity contribution in [3.63, 3.8) is 0 Å². The third-order valence-corrected chi connectivity index (χ3v) is 1.26. The molecule has 1 unspecified atom stereocenters. The lowest BCUT2D eigenvalue weighted by Gasteiger charge is -2.04. The van der Waals surface area contributed by atoms with Gasteiger partial charge in [0, 0.05) is 12.4 Å². The van der Waals surface area contributed by atoms with Crippen LogP contribution in [0.15, 0.2) is 24.5 Å². The zero-order chi connectivity index (χ0) is 8.97. The Kier molecular flexibility index (Phi) is 2.76. The van der Waals surface area contributed by atoms with E-state index in [9.17, 15) is 9.90 Å². The van der Waals surface area contributed by atoms with E-state index in [1.807, 2.05) is 0 Å². The Balaban J connectivity index is 2.66. The minimum Gasteiger partial charge on any atom is -0.324 e. The largest absolute Gasteiger partial charge is 0.324 e. The van der Waals surface area contributed by atoms with Crippen molar-refractivity contribution in [2.24, 2.45) is 0 Å². The average molecular weight is 165 g/mol. The number of amides is 1. The molecule has 1 heterocycles. The van der Waals surface area contributed by atoms with Crippen molar-refractivity contribution in [2.75, 3.05) is 0 Å². The van der Waals surface area contributed by atoms with Crippen molar-refractivity contribution >= 4 is 5.91 Å². The SMILES string of the molecule is CC([O])NC(=O)c1cccnc1. The molecule has 0 fully saturated rings. The summed E-state index contributed by atoms with van der Waals surface area (Å²) in [5, 5.41) is 12.8. The molecule has 1 N–H and O–H groups in total. The van der Waals surface area contributed by atoms with Gasteiger partial charge in [0.05, 0.1) is 5.56 Å². The number of hydrogen-bond acceptors (Lipinski definition) is 2. The summed E-state index contributed by atoms with van der Waals surface area (Å²) < 4.78 is 0. The minimum absolute atomic E-state index is 0.384. The molecular formula is C8H9N2O2. The Morgan fingerprint density at radius 1 is 1.67 bits per heavy atom. The van der Waals surface area contributed by atoms with Crippen molar-refractivity contribution in [3.05, 3.63) is 30.1 Å². The van der Waals surface area contributed by atoms with Gasteiger partial charge in [-0.1, -0.05) is 0 Å². The van der Waals surface area contributed by atoms with Crippen LogP contribution in [0.25, 0.3) is 0 Å². The van der Waals surface area contributed by atoms with E-state index in [4.69, 9.17) is 0 Å². The highest BCUT2D eigenvalue weighted by molar-refractivity contribution is 5.93. The molecule has 0 aliphatic rings. The highest BCUT2D eigenvalue weighted by Gasteiger charge is 2.06. The molecule has 12 heavy (non-hydrogen) atoms. The summed E-state index contributed by atoms with van der Waals surface area (Å²) in [7, 11) is 0. The third kappa shape index (κ3) is 2.32. The van der Waals surface area contributed by atoms with Crippen LogP contribution >= 0.6 is 0 Å². The van der Waals surface area contributed by atoms with Crippen LogP contribution in [0.1, 0.15) is 17.3 Å². The van der Waals surface area contributed by atoms with Crippen LogP contribution < -0.4 is 5.32 Å². The van der Waals surface area contributed by atoms with Gasteiger partial charge in [-0.2, -0.15) is 0 Å². The smallest absolute Gasteiger partial charge is 0.254 e. The van der Waals surface area contributed by atoms with Gasteiger partial charge in [-0.05, 0) is 19.1 Å². The number of nitrogens with zero attached hydrogens (tertiary/aromatic N) is 1. The lowest BCUT2D eigenvalue weighted by atomic mass is 10.3. The van der Waals surface area contributed by atoms with E-state index >= 15 is 0 Å². The number of pyridine rings is 1. The maximum Gasteiger partial charge on any atom is 0.254 e. The van der Waals surface area contributed by atoms with Gasteiger partial charge >= 0.3 is 0 Å². The molecule has 0 bridgehead atoms. The molecule has 0 aromatic carbocycles. The maximum absolute atomic E-state index is 11.1. The summed E-state index contributed by atoms with van der Waals surface area (Å²) in [6.07, 6.45) is 1.90. The second-order valence-corrected chi connectivity index (χ2v) is 2.36. The van der Waals surface area contributed by atoms with Crippen LogP contribution in [0.2, 0.25) is 0 Å². The Morgan fingerprint density at radius 2 is 2.42 bits per heavy atom. The highest BCUT2D eigenvalue weighted by atomic mass is 16.3. The normalized spacial score (nSPS) is 12.2.